The number of rotatable bonds is 5. The number of non-ortho nitro benzene ring substituents is 1. The SMILES string of the molecule is O=C(/C=C/c1ccc([N+](=O)[O-])cc1)NCc1ccccc1F. The molecule has 6 heteroatoms. The van der Waals surface area contributed by atoms with E-state index in [1.165, 1.54) is 30.4 Å². The van der Waals surface area contributed by atoms with Crippen LogP contribution in [0.2, 0.25) is 0 Å². The van der Waals surface area contributed by atoms with Crippen LogP contribution in [0.3, 0.4) is 0 Å². The van der Waals surface area contributed by atoms with Gasteiger partial charge in [0.2, 0.25) is 5.91 Å². The molecule has 2 rings (SSSR count). The van der Waals surface area contributed by atoms with E-state index in [9.17, 15) is 19.3 Å². The predicted octanol–water partition coefficient (Wildman–Crippen LogP) is 3.06. The first-order valence-electron chi connectivity index (χ1n) is 6.50. The van der Waals surface area contributed by atoms with Crippen LogP contribution in [0.1, 0.15) is 11.1 Å². The van der Waals surface area contributed by atoms with Crippen molar-refractivity contribution >= 4 is 17.7 Å². The first-order valence-corrected chi connectivity index (χ1v) is 6.50. The van der Waals surface area contributed by atoms with Gasteiger partial charge in [0.25, 0.3) is 5.69 Å². The molecule has 2 aromatic rings. The molecule has 1 N–H and O–H groups in total. The molecule has 0 aliphatic rings. The molecule has 1 amide bonds. The molecule has 0 aliphatic heterocycles. The van der Waals surface area contributed by atoms with E-state index in [2.05, 4.69) is 5.32 Å². The molecule has 0 saturated heterocycles. The van der Waals surface area contributed by atoms with Crippen LogP contribution in [0.25, 0.3) is 6.08 Å². The number of halogens is 1. The molecule has 0 bridgehead atoms. The number of nitrogens with zero attached hydrogens (tertiary/aromatic N) is 1. The Morgan fingerprint density at radius 3 is 2.50 bits per heavy atom. The van der Waals surface area contributed by atoms with Crippen molar-refractivity contribution in [2.75, 3.05) is 0 Å². The van der Waals surface area contributed by atoms with Crippen LogP contribution < -0.4 is 5.32 Å². The standard InChI is InChI=1S/C16H13FN2O3/c17-15-4-2-1-3-13(15)11-18-16(20)10-7-12-5-8-14(9-6-12)19(21)22/h1-10H,11H2,(H,18,20)/b10-7+. The van der Waals surface area contributed by atoms with Crippen molar-refractivity contribution in [2.24, 2.45) is 0 Å². The Bertz CT molecular complexity index is 712. The molecule has 0 aromatic heterocycles. The van der Waals surface area contributed by atoms with Crippen LogP contribution in [0, 0.1) is 15.9 Å². The summed E-state index contributed by atoms with van der Waals surface area (Å²) in [6.07, 6.45) is 2.82. The normalized spacial score (nSPS) is 10.6. The van der Waals surface area contributed by atoms with Gasteiger partial charge >= 0.3 is 0 Å². The van der Waals surface area contributed by atoms with Crippen LogP contribution in [-0.4, -0.2) is 10.8 Å². The molecule has 0 spiro atoms. The first kappa shape index (κ1) is 15.4. The van der Waals surface area contributed by atoms with Crippen molar-refractivity contribution in [1.29, 1.82) is 0 Å². The molecule has 112 valence electrons. The van der Waals surface area contributed by atoms with Crippen molar-refractivity contribution in [3.63, 3.8) is 0 Å². The minimum Gasteiger partial charge on any atom is -0.348 e. The summed E-state index contributed by atoms with van der Waals surface area (Å²) in [5.41, 5.74) is 1.05. The summed E-state index contributed by atoms with van der Waals surface area (Å²) >= 11 is 0. The lowest BCUT2D eigenvalue weighted by atomic mass is 10.2. The smallest absolute Gasteiger partial charge is 0.269 e. The third-order valence-corrected chi connectivity index (χ3v) is 2.94. The summed E-state index contributed by atoms with van der Waals surface area (Å²) < 4.78 is 13.4. The number of carbonyl (C=O) groups is 1. The van der Waals surface area contributed by atoms with Crippen LogP contribution in [-0.2, 0) is 11.3 Å². The summed E-state index contributed by atoms with van der Waals surface area (Å²) in [5, 5.41) is 13.1. The van der Waals surface area contributed by atoms with Crippen molar-refractivity contribution in [3.8, 4) is 0 Å². The van der Waals surface area contributed by atoms with Gasteiger partial charge in [0.05, 0.1) is 4.92 Å². The maximum absolute atomic E-state index is 13.4. The Morgan fingerprint density at radius 1 is 1.18 bits per heavy atom. The van der Waals surface area contributed by atoms with Gasteiger partial charge in [0.15, 0.2) is 0 Å². The molecular weight excluding hydrogens is 287 g/mol. The maximum atomic E-state index is 13.4. The molecule has 0 heterocycles. The van der Waals surface area contributed by atoms with E-state index in [4.69, 9.17) is 0 Å². The Labute approximate surface area is 126 Å². The van der Waals surface area contributed by atoms with E-state index in [0.29, 0.717) is 11.1 Å². The highest BCUT2D eigenvalue weighted by molar-refractivity contribution is 5.91. The summed E-state index contributed by atoms with van der Waals surface area (Å²) in [4.78, 5) is 21.7. The quantitative estimate of drug-likeness (QED) is 0.524. The highest BCUT2D eigenvalue weighted by Crippen LogP contribution is 2.12. The monoisotopic (exact) mass is 300 g/mol. The highest BCUT2D eigenvalue weighted by atomic mass is 19.1. The first-order chi connectivity index (χ1) is 10.6. The summed E-state index contributed by atoms with van der Waals surface area (Å²) in [7, 11) is 0. The van der Waals surface area contributed by atoms with E-state index >= 15 is 0 Å². The zero-order valence-electron chi connectivity index (χ0n) is 11.5. The average molecular weight is 300 g/mol. The van der Waals surface area contributed by atoms with Gasteiger partial charge in [0.1, 0.15) is 5.82 Å². The molecule has 0 aliphatic carbocycles. The summed E-state index contributed by atoms with van der Waals surface area (Å²) in [6, 6.07) is 12.0. The van der Waals surface area contributed by atoms with Crippen LogP contribution in [0.5, 0.6) is 0 Å². The minimum atomic E-state index is -0.491. The molecule has 2 aromatic carbocycles. The van der Waals surface area contributed by atoms with Crippen LogP contribution in [0.15, 0.2) is 54.6 Å². The van der Waals surface area contributed by atoms with Gasteiger partial charge in [-0.15, -0.1) is 0 Å². The molecule has 0 fully saturated rings. The Kier molecular flexibility index (Phi) is 4.98. The molecule has 5 nitrogen and oxygen atoms in total. The van der Waals surface area contributed by atoms with Gasteiger partial charge < -0.3 is 5.32 Å². The lowest BCUT2D eigenvalue weighted by Crippen LogP contribution is -2.20. The third-order valence-electron chi connectivity index (χ3n) is 2.94. The number of hydrogen-bond donors (Lipinski definition) is 1. The minimum absolute atomic E-state index is 0.0128. The molecule has 0 atom stereocenters. The van der Waals surface area contributed by atoms with Gasteiger partial charge in [-0.3, -0.25) is 14.9 Å². The number of amides is 1. The molecule has 0 unspecified atom stereocenters. The largest absolute Gasteiger partial charge is 0.348 e. The highest BCUT2D eigenvalue weighted by Gasteiger charge is 2.03. The second-order valence-corrected chi connectivity index (χ2v) is 4.49. The van der Waals surface area contributed by atoms with Gasteiger partial charge in [-0.25, -0.2) is 4.39 Å². The van der Waals surface area contributed by atoms with Gasteiger partial charge in [-0.05, 0) is 29.8 Å². The fraction of sp³-hybridized carbons (Fsp3) is 0.0625. The molecule has 0 saturated carbocycles. The Hall–Kier alpha value is -3.02. The van der Waals surface area contributed by atoms with E-state index in [1.54, 1.807) is 30.3 Å². The van der Waals surface area contributed by atoms with Crippen molar-refractivity contribution < 1.29 is 14.1 Å². The fourth-order valence-corrected chi connectivity index (χ4v) is 1.76. The molecule has 22 heavy (non-hydrogen) atoms. The van der Waals surface area contributed by atoms with Gasteiger partial charge in [-0.1, -0.05) is 18.2 Å². The number of carbonyl (C=O) groups excluding carboxylic acids is 1. The average Bonchev–Trinajstić information content (AvgIpc) is 2.52. The predicted molar refractivity (Wildman–Crippen MR) is 80.4 cm³/mol. The number of nitro benzene ring substituents is 1. The zero-order chi connectivity index (χ0) is 15.9. The second-order valence-electron chi connectivity index (χ2n) is 4.49. The van der Waals surface area contributed by atoms with Crippen LogP contribution >= 0.6 is 0 Å². The number of hydrogen-bond acceptors (Lipinski definition) is 3. The van der Waals surface area contributed by atoms with Crippen molar-refractivity contribution in [2.45, 2.75) is 6.54 Å². The third kappa shape index (κ3) is 4.24. The Balaban J connectivity index is 1.91. The van der Waals surface area contributed by atoms with Crippen molar-refractivity contribution in [3.05, 3.63) is 81.7 Å². The Morgan fingerprint density at radius 2 is 1.86 bits per heavy atom. The lowest BCUT2D eigenvalue weighted by molar-refractivity contribution is -0.384. The van der Waals surface area contributed by atoms with E-state index in [1.807, 2.05) is 0 Å². The van der Waals surface area contributed by atoms with Gasteiger partial charge in [0, 0.05) is 30.3 Å². The van der Waals surface area contributed by atoms with E-state index in [0.717, 1.165) is 0 Å². The summed E-state index contributed by atoms with van der Waals surface area (Å²) in [6.45, 7) is 0.0934. The summed E-state index contributed by atoms with van der Waals surface area (Å²) in [5.74, 6) is -0.747. The van der Waals surface area contributed by atoms with Crippen molar-refractivity contribution in [1.82, 2.24) is 5.32 Å². The van der Waals surface area contributed by atoms with Gasteiger partial charge in [-0.2, -0.15) is 0 Å². The molecule has 0 radical (unpaired) electrons. The molecular formula is C16H13FN2O3. The maximum Gasteiger partial charge on any atom is 0.269 e. The van der Waals surface area contributed by atoms with E-state index in [-0.39, 0.29) is 24.0 Å². The topological polar surface area (TPSA) is 72.2 Å². The number of nitrogens with one attached hydrogen (secondary N) is 1. The van der Waals surface area contributed by atoms with Crippen LogP contribution in [0.4, 0.5) is 10.1 Å². The lowest BCUT2D eigenvalue weighted by Gasteiger charge is -2.03. The number of benzene rings is 2. The van der Waals surface area contributed by atoms with E-state index < -0.39 is 4.92 Å². The fourth-order valence-electron chi connectivity index (χ4n) is 1.76. The number of nitro groups is 1. The second kappa shape index (κ2) is 7.12. The zero-order valence-corrected chi connectivity index (χ0v) is 11.5.